The molecule has 0 bridgehead atoms. The summed E-state index contributed by atoms with van der Waals surface area (Å²) in [5.41, 5.74) is -0.469. The van der Waals surface area contributed by atoms with Crippen LogP contribution in [0.2, 0.25) is 0 Å². The smallest absolute Gasteiger partial charge is 0.312 e. The number of carbonyl (C=O) groups is 1. The first-order valence-corrected chi connectivity index (χ1v) is 6.40. The largest absolute Gasteiger partial charge is 0.469 e. The van der Waals surface area contributed by atoms with Crippen LogP contribution in [-0.2, 0) is 19.0 Å². The lowest BCUT2D eigenvalue weighted by Gasteiger charge is -2.21. The van der Waals surface area contributed by atoms with Crippen LogP contribution in [-0.4, -0.2) is 53.1 Å². The molecule has 18 heavy (non-hydrogen) atoms. The molecule has 0 aromatic rings. The van der Waals surface area contributed by atoms with E-state index >= 15 is 0 Å². The highest BCUT2D eigenvalue weighted by Gasteiger charge is 2.27. The van der Waals surface area contributed by atoms with E-state index in [1.165, 1.54) is 7.11 Å². The molecular weight excluding hydrogens is 234 g/mol. The summed E-state index contributed by atoms with van der Waals surface area (Å²) in [6.07, 6.45) is 2.04. The van der Waals surface area contributed by atoms with Crippen LogP contribution in [0.1, 0.15) is 26.7 Å². The van der Waals surface area contributed by atoms with Gasteiger partial charge in [0.2, 0.25) is 0 Å². The van der Waals surface area contributed by atoms with Crippen molar-refractivity contribution in [3.05, 3.63) is 0 Å². The average molecular weight is 261 g/mol. The predicted octanol–water partition coefficient (Wildman–Crippen LogP) is 1.22. The zero-order valence-corrected chi connectivity index (χ0v) is 12.1. The van der Waals surface area contributed by atoms with Crippen molar-refractivity contribution in [2.45, 2.75) is 26.7 Å². The van der Waals surface area contributed by atoms with Gasteiger partial charge in [0.05, 0.1) is 25.7 Å². The first kappa shape index (κ1) is 17.4. The van der Waals surface area contributed by atoms with Crippen LogP contribution in [0.25, 0.3) is 0 Å². The van der Waals surface area contributed by atoms with Gasteiger partial charge in [-0.2, -0.15) is 0 Å². The van der Waals surface area contributed by atoms with E-state index in [9.17, 15) is 4.79 Å². The van der Waals surface area contributed by atoms with E-state index in [0.717, 1.165) is 26.0 Å². The summed E-state index contributed by atoms with van der Waals surface area (Å²) < 4.78 is 15.0. The van der Waals surface area contributed by atoms with Crippen LogP contribution < -0.4 is 5.32 Å². The fourth-order valence-electron chi connectivity index (χ4n) is 1.45. The van der Waals surface area contributed by atoms with Gasteiger partial charge in [-0.3, -0.25) is 4.79 Å². The summed E-state index contributed by atoms with van der Waals surface area (Å²) in [6.45, 7) is 7.31. The molecule has 0 aromatic heterocycles. The van der Waals surface area contributed by atoms with Crippen molar-refractivity contribution < 1.29 is 19.0 Å². The maximum absolute atomic E-state index is 11.4. The van der Waals surface area contributed by atoms with Gasteiger partial charge in [-0.15, -0.1) is 0 Å². The van der Waals surface area contributed by atoms with E-state index < -0.39 is 5.41 Å². The molecular formula is C13H27NO4. The van der Waals surface area contributed by atoms with Crippen molar-refractivity contribution in [1.29, 1.82) is 0 Å². The third kappa shape index (κ3) is 8.44. The molecule has 0 unspecified atom stereocenters. The molecule has 0 radical (unpaired) electrons. The zero-order valence-electron chi connectivity index (χ0n) is 12.1. The lowest BCUT2D eigenvalue weighted by molar-refractivity contribution is -0.150. The number of rotatable bonds is 11. The molecule has 0 aromatic carbocycles. The second-order valence-electron chi connectivity index (χ2n) is 4.86. The third-order valence-electron chi connectivity index (χ3n) is 2.63. The van der Waals surface area contributed by atoms with Crippen molar-refractivity contribution in [2.24, 2.45) is 5.41 Å². The first-order chi connectivity index (χ1) is 8.54. The molecule has 0 amide bonds. The molecule has 0 saturated heterocycles. The summed E-state index contributed by atoms with van der Waals surface area (Å²) in [5, 5.41) is 3.26. The first-order valence-electron chi connectivity index (χ1n) is 6.40. The van der Waals surface area contributed by atoms with Crippen molar-refractivity contribution in [3.8, 4) is 0 Å². The molecule has 0 atom stereocenters. The Morgan fingerprint density at radius 1 is 1.11 bits per heavy atom. The Hall–Kier alpha value is -0.650. The Balaban J connectivity index is 3.37. The minimum Gasteiger partial charge on any atom is -0.469 e. The Morgan fingerprint density at radius 3 is 2.44 bits per heavy atom. The fourth-order valence-corrected chi connectivity index (χ4v) is 1.45. The number of methoxy groups -OCH3 is 2. The van der Waals surface area contributed by atoms with E-state index in [1.807, 2.05) is 13.8 Å². The molecule has 0 aliphatic heterocycles. The topological polar surface area (TPSA) is 56.8 Å². The number of hydrogen-bond donors (Lipinski definition) is 1. The van der Waals surface area contributed by atoms with Gasteiger partial charge in [0.15, 0.2) is 0 Å². The maximum atomic E-state index is 11.4. The molecule has 108 valence electrons. The minimum atomic E-state index is -0.469. The van der Waals surface area contributed by atoms with Crippen LogP contribution >= 0.6 is 0 Å². The van der Waals surface area contributed by atoms with Crippen LogP contribution in [0, 0.1) is 5.41 Å². The van der Waals surface area contributed by atoms with Gasteiger partial charge in [-0.25, -0.2) is 0 Å². The fraction of sp³-hybridized carbons (Fsp3) is 0.923. The normalized spacial score (nSPS) is 11.6. The molecule has 0 saturated carbocycles. The molecule has 0 aliphatic rings. The zero-order chi connectivity index (χ0) is 13.9. The van der Waals surface area contributed by atoms with Crippen molar-refractivity contribution in [3.63, 3.8) is 0 Å². The molecule has 5 heteroatoms. The summed E-state index contributed by atoms with van der Waals surface area (Å²) in [7, 11) is 3.08. The molecule has 5 nitrogen and oxygen atoms in total. The van der Waals surface area contributed by atoms with Gasteiger partial charge in [0.25, 0.3) is 0 Å². The van der Waals surface area contributed by atoms with E-state index in [4.69, 9.17) is 14.2 Å². The van der Waals surface area contributed by atoms with Gasteiger partial charge >= 0.3 is 5.97 Å². The Morgan fingerprint density at radius 2 is 1.83 bits per heavy atom. The second-order valence-corrected chi connectivity index (χ2v) is 4.86. The van der Waals surface area contributed by atoms with Gasteiger partial charge in [0.1, 0.15) is 0 Å². The Kier molecular flexibility index (Phi) is 9.92. The Bertz CT molecular complexity index is 219. The highest BCUT2D eigenvalue weighted by atomic mass is 16.5. The van der Waals surface area contributed by atoms with Gasteiger partial charge in [-0.05, 0) is 33.2 Å². The Labute approximate surface area is 110 Å². The van der Waals surface area contributed by atoms with E-state index in [0.29, 0.717) is 19.8 Å². The van der Waals surface area contributed by atoms with Crippen LogP contribution in [0.5, 0.6) is 0 Å². The minimum absolute atomic E-state index is 0.183. The number of nitrogens with one attached hydrogen (secondary N) is 1. The summed E-state index contributed by atoms with van der Waals surface area (Å²) in [6, 6.07) is 0. The van der Waals surface area contributed by atoms with Crippen molar-refractivity contribution in [1.82, 2.24) is 5.32 Å². The molecule has 0 spiro atoms. The third-order valence-corrected chi connectivity index (χ3v) is 2.63. The molecule has 0 aliphatic carbocycles. The highest BCUT2D eigenvalue weighted by Crippen LogP contribution is 2.15. The molecule has 1 N–H and O–H groups in total. The van der Waals surface area contributed by atoms with Gasteiger partial charge in [0, 0.05) is 20.3 Å². The number of carbonyl (C=O) groups excluding carboxylic acids is 1. The summed E-state index contributed by atoms with van der Waals surface area (Å²) in [5.74, 6) is -0.183. The number of unbranched alkanes of at least 4 members (excludes halogenated alkanes) is 1. The van der Waals surface area contributed by atoms with Crippen molar-refractivity contribution >= 4 is 5.97 Å². The quantitative estimate of drug-likeness (QED) is 0.447. The lowest BCUT2D eigenvalue weighted by Crippen LogP contribution is -2.37. The standard InChI is InChI=1S/C13H27NO4/c1-13(2,12(15)17-4)11-14-7-5-6-8-18-10-9-16-3/h14H,5-11H2,1-4H3. The maximum Gasteiger partial charge on any atom is 0.312 e. The number of ether oxygens (including phenoxy) is 3. The monoisotopic (exact) mass is 261 g/mol. The highest BCUT2D eigenvalue weighted by molar-refractivity contribution is 5.75. The summed E-state index contributed by atoms with van der Waals surface area (Å²) in [4.78, 5) is 11.4. The molecule has 0 rings (SSSR count). The average Bonchev–Trinajstić information content (AvgIpc) is 2.35. The number of esters is 1. The summed E-state index contributed by atoms with van der Waals surface area (Å²) >= 11 is 0. The molecule has 0 fully saturated rings. The SMILES string of the molecule is COCCOCCCCNCC(C)(C)C(=O)OC. The van der Waals surface area contributed by atoms with Crippen molar-refractivity contribution in [2.75, 3.05) is 47.1 Å². The van der Waals surface area contributed by atoms with Crippen LogP contribution in [0.3, 0.4) is 0 Å². The van der Waals surface area contributed by atoms with E-state index in [1.54, 1.807) is 7.11 Å². The van der Waals surface area contributed by atoms with Crippen LogP contribution in [0.4, 0.5) is 0 Å². The second kappa shape index (κ2) is 10.3. The van der Waals surface area contributed by atoms with Gasteiger partial charge in [-0.1, -0.05) is 0 Å². The lowest BCUT2D eigenvalue weighted by atomic mass is 9.94. The molecule has 0 heterocycles. The predicted molar refractivity (Wildman–Crippen MR) is 70.6 cm³/mol. The number of hydrogen-bond acceptors (Lipinski definition) is 5. The van der Waals surface area contributed by atoms with Gasteiger partial charge < -0.3 is 19.5 Å². The van der Waals surface area contributed by atoms with Crippen LogP contribution in [0.15, 0.2) is 0 Å². The van der Waals surface area contributed by atoms with E-state index in [2.05, 4.69) is 5.32 Å². The van der Waals surface area contributed by atoms with E-state index in [-0.39, 0.29) is 5.97 Å².